The second-order valence-electron chi connectivity index (χ2n) is 3.51. The molecule has 0 heterocycles. The summed E-state index contributed by atoms with van der Waals surface area (Å²) in [6.07, 6.45) is 1.73. The van der Waals surface area contributed by atoms with E-state index in [9.17, 15) is 8.42 Å². The van der Waals surface area contributed by atoms with Crippen molar-refractivity contribution in [2.45, 2.75) is 26.7 Å². The number of sulfonamides is 1. The Balaban J connectivity index is 3.47. The van der Waals surface area contributed by atoms with Crippen LogP contribution in [0.2, 0.25) is 0 Å². The van der Waals surface area contributed by atoms with Gasteiger partial charge < -0.3 is 10.1 Å². The summed E-state index contributed by atoms with van der Waals surface area (Å²) in [5.41, 5.74) is 0. The Labute approximate surface area is 99.0 Å². The summed E-state index contributed by atoms with van der Waals surface area (Å²) in [4.78, 5) is 0. The Morgan fingerprint density at radius 1 is 1.12 bits per heavy atom. The van der Waals surface area contributed by atoms with Gasteiger partial charge in [-0.05, 0) is 26.3 Å². The third-order valence-corrected chi connectivity index (χ3v) is 3.35. The monoisotopic (exact) mass is 252 g/mol. The van der Waals surface area contributed by atoms with Crippen LogP contribution >= 0.6 is 0 Å². The first kappa shape index (κ1) is 15.8. The molecule has 0 aromatic heterocycles. The molecule has 0 radical (unpaired) electrons. The van der Waals surface area contributed by atoms with E-state index in [1.165, 1.54) is 0 Å². The average Bonchev–Trinajstić information content (AvgIpc) is 2.24. The lowest BCUT2D eigenvalue weighted by Gasteiger charge is -2.07. The zero-order valence-corrected chi connectivity index (χ0v) is 11.1. The lowest BCUT2D eigenvalue weighted by atomic mass is 10.5. The van der Waals surface area contributed by atoms with Crippen molar-refractivity contribution in [1.29, 1.82) is 0 Å². The van der Waals surface area contributed by atoms with E-state index in [0.717, 1.165) is 19.4 Å². The van der Waals surface area contributed by atoms with Crippen LogP contribution in [0.1, 0.15) is 26.7 Å². The first-order chi connectivity index (χ1) is 7.62. The van der Waals surface area contributed by atoms with E-state index >= 15 is 0 Å². The van der Waals surface area contributed by atoms with Crippen molar-refractivity contribution in [1.82, 2.24) is 10.0 Å². The van der Waals surface area contributed by atoms with Crippen LogP contribution < -0.4 is 10.0 Å². The van der Waals surface area contributed by atoms with Crippen LogP contribution in [0.5, 0.6) is 0 Å². The fourth-order valence-electron chi connectivity index (χ4n) is 1.13. The highest BCUT2D eigenvalue weighted by Gasteiger charge is 2.07. The Hall–Kier alpha value is -0.170. The molecule has 0 saturated heterocycles. The van der Waals surface area contributed by atoms with Gasteiger partial charge in [-0.15, -0.1) is 0 Å². The summed E-state index contributed by atoms with van der Waals surface area (Å²) < 4.78 is 30.5. The third-order valence-electron chi connectivity index (χ3n) is 1.97. The second-order valence-corrected chi connectivity index (χ2v) is 5.44. The van der Waals surface area contributed by atoms with Crippen LogP contribution in [0.25, 0.3) is 0 Å². The Morgan fingerprint density at radius 2 is 1.88 bits per heavy atom. The molecule has 98 valence electrons. The number of rotatable bonds is 11. The Bertz CT molecular complexity index is 242. The maximum atomic E-state index is 11.4. The van der Waals surface area contributed by atoms with E-state index in [-0.39, 0.29) is 5.75 Å². The highest BCUT2D eigenvalue weighted by Crippen LogP contribution is 1.86. The maximum Gasteiger partial charge on any atom is 0.212 e. The molecule has 0 aliphatic heterocycles. The van der Waals surface area contributed by atoms with Crippen molar-refractivity contribution in [3.63, 3.8) is 0 Å². The van der Waals surface area contributed by atoms with Gasteiger partial charge in [-0.25, -0.2) is 13.1 Å². The Kier molecular flexibility index (Phi) is 9.91. The van der Waals surface area contributed by atoms with Crippen LogP contribution in [0.15, 0.2) is 0 Å². The molecule has 0 aliphatic rings. The van der Waals surface area contributed by atoms with Gasteiger partial charge in [0.05, 0.1) is 5.75 Å². The largest absolute Gasteiger partial charge is 0.382 e. The molecule has 0 aliphatic carbocycles. The van der Waals surface area contributed by atoms with Crippen LogP contribution in [0.4, 0.5) is 0 Å². The second kappa shape index (κ2) is 10.0. The summed E-state index contributed by atoms with van der Waals surface area (Å²) in [6, 6.07) is 0. The van der Waals surface area contributed by atoms with Gasteiger partial charge in [0, 0.05) is 26.3 Å². The summed E-state index contributed by atoms with van der Waals surface area (Å²) in [5.74, 6) is 0.141. The molecule has 0 unspecified atom stereocenters. The predicted molar refractivity (Wildman–Crippen MR) is 66.1 cm³/mol. The fraction of sp³-hybridized carbons (Fsp3) is 1.00. The molecule has 0 aromatic rings. The molecule has 0 saturated carbocycles. The molecule has 2 N–H and O–H groups in total. The number of hydrogen-bond acceptors (Lipinski definition) is 4. The van der Waals surface area contributed by atoms with Gasteiger partial charge in [-0.1, -0.05) is 6.92 Å². The zero-order valence-electron chi connectivity index (χ0n) is 10.3. The minimum absolute atomic E-state index is 0.141. The van der Waals surface area contributed by atoms with Gasteiger partial charge in [0.2, 0.25) is 10.0 Å². The smallest absolute Gasteiger partial charge is 0.212 e. The van der Waals surface area contributed by atoms with Crippen molar-refractivity contribution in [2.24, 2.45) is 0 Å². The van der Waals surface area contributed by atoms with E-state index in [0.29, 0.717) is 26.3 Å². The topological polar surface area (TPSA) is 67.4 Å². The summed E-state index contributed by atoms with van der Waals surface area (Å²) in [5, 5.41) is 3.06. The molecule has 0 aromatic carbocycles. The van der Waals surface area contributed by atoms with Gasteiger partial charge in [-0.3, -0.25) is 0 Å². The van der Waals surface area contributed by atoms with Crippen molar-refractivity contribution >= 4 is 10.0 Å². The molecule has 6 heteroatoms. The van der Waals surface area contributed by atoms with Gasteiger partial charge in [0.15, 0.2) is 0 Å². The molecular formula is C10H24N2O3S. The van der Waals surface area contributed by atoms with E-state index in [2.05, 4.69) is 10.0 Å². The first-order valence-corrected chi connectivity index (χ1v) is 7.53. The normalized spacial score (nSPS) is 11.9. The molecule has 0 rings (SSSR count). The molecular weight excluding hydrogens is 228 g/mol. The van der Waals surface area contributed by atoms with Crippen molar-refractivity contribution in [3.05, 3.63) is 0 Å². The summed E-state index contributed by atoms with van der Waals surface area (Å²) >= 11 is 0. The van der Waals surface area contributed by atoms with E-state index in [4.69, 9.17) is 4.74 Å². The molecule has 0 atom stereocenters. The lowest BCUT2D eigenvalue weighted by molar-refractivity contribution is 0.146. The van der Waals surface area contributed by atoms with Gasteiger partial charge in [-0.2, -0.15) is 0 Å². The predicted octanol–water partition coefficient (Wildman–Crippen LogP) is 0.332. The van der Waals surface area contributed by atoms with Crippen molar-refractivity contribution in [2.75, 3.05) is 38.6 Å². The van der Waals surface area contributed by atoms with Gasteiger partial charge in [0.25, 0.3) is 0 Å². The number of hydrogen-bond donors (Lipinski definition) is 2. The third kappa shape index (κ3) is 10.4. The van der Waals surface area contributed by atoms with Crippen LogP contribution in [0, 0.1) is 0 Å². The Morgan fingerprint density at radius 3 is 2.50 bits per heavy atom. The number of ether oxygens (including phenoxy) is 1. The molecule has 0 amide bonds. The standard InChI is InChI=1S/C10H24N2O3S/c1-3-6-11-8-10-16(13,14)12-7-5-9-15-4-2/h11-12H,3-10H2,1-2H3. The first-order valence-electron chi connectivity index (χ1n) is 5.88. The summed E-state index contributed by atoms with van der Waals surface area (Å²) in [7, 11) is -3.12. The van der Waals surface area contributed by atoms with Crippen molar-refractivity contribution < 1.29 is 13.2 Å². The van der Waals surface area contributed by atoms with Crippen molar-refractivity contribution in [3.8, 4) is 0 Å². The van der Waals surface area contributed by atoms with E-state index < -0.39 is 10.0 Å². The number of nitrogens with one attached hydrogen (secondary N) is 2. The molecule has 0 spiro atoms. The van der Waals surface area contributed by atoms with Gasteiger partial charge >= 0.3 is 0 Å². The molecule has 5 nitrogen and oxygen atoms in total. The lowest BCUT2D eigenvalue weighted by Crippen LogP contribution is -2.33. The quantitative estimate of drug-likeness (QED) is 0.520. The van der Waals surface area contributed by atoms with E-state index in [1.54, 1.807) is 0 Å². The highest BCUT2D eigenvalue weighted by atomic mass is 32.2. The minimum atomic E-state index is -3.12. The van der Waals surface area contributed by atoms with Crippen LogP contribution in [-0.4, -0.2) is 47.0 Å². The molecule has 16 heavy (non-hydrogen) atoms. The van der Waals surface area contributed by atoms with Crippen LogP contribution in [0.3, 0.4) is 0 Å². The highest BCUT2D eigenvalue weighted by molar-refractivity contribution is 7.89. The van der Waals surface area contributed by atoms with Crippen LogP contribution in [-0.2, 0) is 14.8 Å². The summed E-state index contributed by atoms with van der Waals surface area (Å²) in [6.45, 7) is 7.07. The fourth-order valence-corrected chi connectivity index (χ4v) is 2.14. The molecule has 0 bridgehead atoms. The SMILES string of the molecule is CCCNCCS(=O)(=O)NCCCOCC. The van der Waals surface area contributed by atoms with Gasteiger partial charge in [0.1, 0.15) is 0 Å². The zero-order chi connectivity index (χ0) is 12.3. The average molecular weight is 252 g/mol. The molecule has 0 fully saturated rings. The maximum absolute atomic E-state index is 11.4. The van der Waals surface area contributed by atoms with E-state index in [1.807, 2.05) is 13.8 Å². The minimum Gasteiger partial charge on any atom is -0.382 e.